The van der Waals surface area contributed by atoms with Crippen LogP contribution in [0.2, 0.25) is 0 Å². The van der Waals surface area contributed by atoms with E-state index in [1.165, 1.54) is 12.1 Å². The highest BCUT2D eigenvalue weighted by Gasteiger charge is 2.11. The van der Waals surface area contributed by atoms with Crippen LogP contribution in [0.5, 0.6) is 11.5 Å². The molecule has 0 saturated carbocycles. The number of nitro benzene ring substituents is 1. The standard InChI is InChI=1S/C23H18N2O3/c26-25(27)21-12-7-17(8-13-21)18-6-9-20(16-18)24-19-10-14-23(15-11-19)28-22-4-2-1-3-5-22/h1-8,10-16,24H,9H2. The molecule has 3 aromatic rings. The highest BCUT2D eigenvalue weighted by atomic mass is 16.6. The van der Waals surface area contributed by atoms with Gasteiger partial charge < -0.3 is 10.1 Å². The van der Waals surface area contributed by atoms with Crippen molar-refractivity contribution in [2.75, 3.05) is 5.32 Å². The average Bonchev–Trinajstić information content (AvgIpc) is 3.19. The second-order valence-corrected chi connectivity index (χ2v) is 6.40. The molecule has 4 rings (SSSR count). The van der Waals surface area contributed by atoms with Crippen LogP contribution in [-0.4, -0.2) is 4.92 Å². The summed E-state index contributed by atoms with van der Waals surface area (Å²) in [5.41, 5.74) is 4.17. The molecule has 0 fully saturated rings. The molecule has 5 nitrogen and oxygen atoms in total. The van der Waals surface area contributed by atoms with Crippen LogP contribution in [0.4, 0.5) is 11.4 Å². The van der Waals surface area contributed by atoms with Gasteiger partial charge in [-0.1, -0.05) is 24.3 Å². The zero-order valence-corrected chi connectivity index (χ0v) is 15.0. The van der Waals surface area contributed by atoms with E-state index >= 15 is 0 Å². The van der Waals surface area contributed by atoms with Crippen LogP contribution in [0.1, 0.15) is 12.0 Å². The predicted octanol–water partition coefficient (Wildman–Crippen LogP) is 6.17. The van der Waals surface area contributed by atoms with Crippen molar-refractivity contribution in [3.05, 3.63) is 112 Å². The van der Waals surface area contributed by atoms with E-state index in [1.807, 2.05) is 54.6 Å². The third kappa shape index (κ3) is 4.10. The maximum absolute atomic E-state index is 10.8. The van der Waals surface area contributed by atoms with Crippen LogP contribution in [0.15, 0.2) is 96.7 Å². The molecular formula is C23H18N2O3. The molecule has 0 amide bonds. The molecule has 5 heteroatoms. The van der Waals surface area contributed by atoms with Gasteiger partial charge in [-0.15, -0.1) is 0 Å². The number of hydrogen-bond acceptors (Lipinski definition) is 4. The number of nitro groups is 1. The SMILES string of the molecule is O=[N+]([O-])c1ccc(C2=CCC(Nc3ccc(Oc4ccccc4)cc3)=C2)cc1. The lowest BCUT2D eigenvalue weighted by atomic mass is 10.1. The van der Waals surface area contributed by atoms with E-state index in [0.29, 0.717) is 0 Å². The van der Waals surface area contributed by atoms with E-state index in [9.17, 15) is 10.1 Å². The van der Waals surface area contributed by atoms with Gasteiger partial charge in [-0.25, -0.2) is 0 Å². The minimum absolute atomic E-state index is 0.0995. The number of benzene rings is 3. The van der Waals surface area contributed by atoms with Gasteiger partial charge in [-0.3, -0.25) is 10.1 Å². The van der Waals surface area contributed by atoms with E-state index in [2.05, 4.69) is 17.5 Å². The van der Waals surface area contributed by atoms with Crippen LogP contribution in [0.3, 0.4) is 0 Å². The van der Waals surface area contributed by atoms with E-state index < -0.39 is 0 Å². The Morgan fingerprint density at radius 2 is 1.54 bits per heavy atom. The van der Waals surface area contributed by atoms with E-state index in [-0.39, 0.29) is 10.6 Å². The van der Waals surface area contributed by atoms with Gasteiger partial charge in [0.05, 0.1) is 4.92 Å². The summed E-state index contributed by atoms with van der Waals surface area (Å²) in [7, 11) is 0. The second kappa shape index (κ2) is 7.80. The molecule has 0 bridgehead atoms. The van der Waals surface area contributed by atoms with Crippen LogP contribution in [0.25, 0.3) is 5.57 Å². The van der Waals surface area contributed by atoms with Gasteiger partial charge >= 0.3 is 0 Å². The number of rotatable bonds is 6. The van der Waals surface area contributed by atoms with Crippen molar-refractivity contribution in [2.45, 2.75) is 6.42 Å². The van der Waals surface area contributed by atoms with Gasteiger partial charge in [-0.2, -0.15) is 0 Å². The fraction of sp³-hybridized carbons (Fsp3) is 0.0435. The molecule has 0 spiro atoms. The monoisotopic (exact) mass is 370 g/mol. The third-order valence-corrected chi connectivity index (χ3v) is 4.42. The minimum Gasteiger partial charge on any atom is -0.457 e. The summed E-state index contributed by atoms with van der Waals surface area (Å²) in [5, 5.41) is 14.2. The molecule has 0 unspecified atom stereocenters. The van der Waals surface area contributed by atoms with Crippen molar-refractivity contribution in [2.24, 2.45) is 0 Å². The Bertz CT molecular complexity index is 1040. The fourth-order valence-corrected chi connectivity index (χ4v) is 3.01. The smallest absolute Gasteiger partial charge is 0.269 e. The molecule has 0 radical (unpaired) electrons. The normalized spacial score (nSPS) is 12.9. The molecule has 0 saturated heterocycles. The van der Waals surface area contributed by atoms with E-state index in [0.717, 1.165) is 40.4 Å². The van der Waals surface area contributed by atoms with Gasteiger partial charge in [0.15, 0.2) is 0 Å². The van der Waals surface area contributed by atoms with Crippen molar-refractivity contribution in [3.8, 4) is 11.5 Å². The topological polar surface area (TPSA) is 64.4 Å². The van der Waals surface area contributed by atoms with E-state index in [1.54, 1.807) is 12.1 Å². The molecule has 0 aliphatic heterocycles. The number of allylic oxidation sites excluding steroid dienone is 3. The fourth-order valence-electron chi connectivity index (χ4n) is 3.01. The largest absolute Gasteiger partial charge is 0.457 e. The molecular weight excluding hydrogens is 352 g/mol. The van der Waals surface area contributed by atoms with Crippen LogP contribution in [-0.2, 0) is 0 Å². The zero-order chi connectivity index (χ0) is 19.3. The lowest BCUT2D eigenvalue weighted by Crippen LogP contribution is -1.96. The van der Waals surface area contributed by atoms with Gasteiger partial charge in [0.2, 0.25) is 0 Å². The Balaban J connectivity index is 1.39. The maximum atomic E-state index is 10.8. The summed E-state index contributed by atoms with van der Waals surface area (Å²) in [6.07, 6.45) is 4.96. The molecule has 1 aliphatic rings. The van der Waals surface area contributed by atoms with Crippen molar-refractivity contribution in [3.63, 3.8) is 0 Å². The molecule has 138 valence electrons. The summed E-state index contributed by atoms with van der Waals surface area (Å²) in [6, 6.07) is 24.1. The molecule has 0 atom stereocenters. The first-order chi connectivity index (χ1) is 13.7. The van der Waals surface area contributed by atoms with Crippen molar-refractivity contribution >= 4 is 16.9 Å². The number of nitrogens with one attached hydrogen (secondary N) is 1. The second-order valence-electron chi connectivity index (χ2n) is 6.40. The Labute approximate surface area is 162 Å². The quantitative estimate of drug-likeness (QED) is 0.416. The van der Waals surface area contributed by atoms with Gasteiger partial charge in [0.1, 0.15) is 11.5 Å². The Morgan fingerprint density at radius 3 is 2.21 bits per heavy atom. The lowest BCUT2D eigenvalue weighted by molar-refractivity contribution is -0.384. The summed E-state index contributed by atoms with van der Waals surface area (Å²) in [6.45, 7) is 0. The molecule has 0 aromatic heterocycles. The first-order valence-electron chi connectivity index (χ1n) is 8.93. The zero-order valence-electron chi connectivity index (χ0n) is 15.0. The molecule has 1 aliphatic carbocycles. The lowest BCUT2D eigenvalue weighted by Gasteiger charge is -2.09. The number of para-hydroxylation sites is 1. The van der Waals surface area contributed by atoms with Crippen LogP contribution < -0.4 is 10.1 Å². The molecule has 0 heterocycles. The Hall–Kier alpha value is -3.86. The highest BCUT2D eigenvalue weighted by molar-refractivity contribution is 5.79. The van der Waals surface area contributed by atoms with Crippen LogP contribution in [0, 0.1) is 10.1 Å². The maximum Gasteiger partial charge on any atom is 0.269 e. The highest BCUT2D eigenvalue weighted by Crippen LogP contribution is 2.29. The minimum atomic E-state index is -0.388. The number of hydrogen-bond donors (Lipinski definition) is 1. The number of non-ortho nitro benzene ring substituents is 1. The number of anilines is 1. The summed E-state index contributed by atoms with van der Waals surface area (Å²) >= 11 is 0. The number of nitrogens with zero attached hydrogens (tertiary/aromatic N) is 1. The Morgan fingerprint density at radius 1 is 0.857 bits per heavy atom. The average molecular weight is 370 g/mol. The van der Waals surface area contributed by atoms with Crippen molar-refractivity contribution in [1.82, 2.24) is 0 Å². The van der Waals surface area contributed by atoms with Gasteiger partial charge in [0.25, 0.3) is 5.69 Å². The van der Waals surface area contributed by atoms with Gasteiger partial charge in [0, 0.05) is 29.9 Å². The van der Waals surface area contributed by atoms with Crippen LogP contribution >= 0.6 is 0 Å². The summed E-state index contributed by atoms with van der Waals surface area (Å²) in [4.78, 5) is 10.4. The molecule has 28 heavy (non-hydrogen) atoms. The van der Waals surface area contributed by atoms with Crippen molar-refractivity contribution in [1.29, 1.82) is 0 Å². The molecule has 1 N–H and O–H groups in total. The summed E-state index contributed by atoms with van der Waals surface area (Å²) < 4.78 is 5.80. The Kier molecular flexibility index (Phi) is 4.89. The molecule has 3 aromatic carbocycles. The first-order valence-corrected chi connectivity index (χ1v) is 8.93. The predicted molar refractivity (Wildman–Crippen MR) is 110 cm³/mol. The first kappa shape index (κ1) is 17.5. The summed E-state index contributed by atoms with van der Waals surface area (Å²) in [5.74, 6) is 1.58. The van der Waals surface area contributed by atoms with E-state index in [4.69, 9.17) is 4.74 Å². The van der Waals surface area contributed by atoms with Crippen molar-refractivity contribution < 1.29 is 9.66 Å². The van der Waals surface area contributed by atoms with Gasteiger partial charge in [-0.05, 0) is 65.7 Å². The number of ether oxygens (including phenoxy) is 1. The third-order valence-electron chi connectivity index (χ3n) is 4.42.